The van der Waals surface area contributed by atoms with Crippen LogP contribution >= 0.6 is 0 Å². The predicted octanol–water partition coefficient (Wildman–Crippen LogP) is 3.76. The molecular formula is C16H19FN2O. The number of nitrogens with one attached hydrogen (secondary N) is 1. The Hall–Kier alpha value is -1.94. The zero-order chi connectivity index (χ0) is 14.4. The monoisotopic (exact) mass is 274 g/mol. The van der Waals surface area contributed by atoms with Crippen LogP contribution in [0.1, 0.15) is 19.5 Å². The van der Waals surface area contributed by atoms with Gasteiger partial charge in [-0.25, -0.2) is 9.37 Å². The van der Waals surface area contributed by atoms with Crippen molar-refractivity contribution in [1.29, 1.82) is 0 Å². The molecule has 0 amide bonds. The van der Waals surface area contributed by atoms with Gasteiger partial charge in [-0.05, 0) is 42.8 Å². The molecule has 0 aliphatic heterocycles. The molecule has 3 nitrogen and oxygen atoms in total. The first-order valence-electron chi connectivity index (χ1n) is 6.73. The standard InChI is InChI=1S/C16H19FN2O/c1-12(2)10-18-11-14-4-3-5-16(19-14)20-15-8-6-13(17)7-9-15/h3-9,12,18H,10-11H2,1-2H3. The van der Waals surface area contributed by atoms with Crippen LogP contribution in [-0.2, 0) is 6.54 Å². The molecule has 0 bridgehead atoms. The summed E-state index contributed by atoms with van der Waals surface area (Å²) in [5.74, 6) is 1.41. The van der Waals surface area contributed by atoms with Crippen LogP contribution in [0.4, 0.5) is 4.39 Å². The quantitative estimate of drug-likeness (QED) is 0.871. The van der Waals surface area contributed by atoms with Crippen LogP contribution in [0.5, 0.6) is 11.6 Å². The van der Waals surface area contributed by atoms with Gasteiger partial charge in [0.1, 0.15) is 11.6 Å². The first-order chi connectivity index (χ1) is 9.63. The fraction of sp³-hybridized carbons (Fsp3) is 0.312. The van der Waals surface area contributed by atoms with Gasteiger partial charge in [0.25, 0.3) is 0 Å². The number of rotatable bonds is 6. The van der Waals surface area contributed by atoms with Crippen molar-refractivity contribution in [2.75, 3.05) is 6.54 Å². The first kappa shape index (κ1) is 14.5. The van der Waals surface area contributed by atoms with E-state index in [1.54, 1.807) is 18.2 Å². The van der Waals surface area contributed by atoms with Gasteiger partial charge in [0.15, 0.2) is 0 Å². The minimum atomic E-state index is -0.281. The van der Waals surface area contributed by atoms with Crippen molar-refractivity contribution in [3.8, 4) is 11.6 Å². The van der Waals surface area contributed by atoms with Crippen molar-refractivity contribution in [3.05, 3.63) is 54.0 Å². The summed E-state index contributed by atoms with van der Waals surface area (Å²) in [5.41, 5.74) is 0.922. The summed E-state index contributed by atoms with van der Waals surface area (Å²) in [6.45, 7) is 5.98. The number of hydrogen-bond acceptors (Lipinski definition) is 3. The van der Waals surface area contributed by atoms with E-state index in [2.05, 4.69) is 24.1 Å². The van der Waals surface area contributed by atoms with Crippen molar-refractivity contribution in [2.45, 2.75) is 20.4 Å². The molecule has 1 heterocycles. The van der Waals surface area contributed by atoms with Gasteiger partial charge < -0.3 is 10.1 Å². The molecule has 0 spiro atoms. The Balaban J connectivity index is 1.96. The van der Waals surface area contributed by atoms with Gasteiger partial charge in [-0.3, -0.25) is 0 Å². The van der Waals surface area contributed by atoms with Gasteiger partial charge >= 0.3 is 0 Å². The topological polar surface area (TPSA) is 34.1 Å². The minimum Gasteiger partial charge on any atom is -0.439 e. The van der Waals surface area contributed by atoms with Gasteiger partial charge in [-0.15, -0.1) is 0 Å². The molecule has 1 aromatic heterocycles. The number of benzene rings is 1. The van der Waals surface area contributed by atoms with Crippen LogP contribution in [0.25, 0.3) is 0 Å². The van der Waals surface area contributed by atoms with Crippen LogP contribution in [0.15, 0.2) is 42.5 Å². The highest BCUT2D eigenvalue weighted by molar-refractivity contribution is 5.27. The fourth-order valence-electron chi connectivity index (χ4n) is 1.73. The van der Waals surface area contributed by atoms with Gasteiger partial charge in [0, 0.05) is 12.6 Å². The summed E-state index contributed by atoms with van der Waals surface area (Å²) < 4.78 is 18.4. The molecule has 0 aliphatic carbocycles. The smallest absolute Gasteiger partial charge is 0.219 e. The van der Waals surface area contributed by atoms with Crippen molar-refractivity contribution in [1.82, 2.24) is 10.3 Å². The Morgan fingerprint density at radius 2 is 1.90 bits per heavy atom. The summed E-state index contributed by atoms with van der Waals surface area (Å²) in [6.07, 6.45) is 0. The highest BCUT2D eigenvalue weighted by Crippen LogP contribution is 2.19. The Morgan fingerprint density at radius 1 is 1.15 bits per heavy atom. The average molecular weight is 274 g/mol. The number of aromatic nitrogens is 1. The molecule has 106 valence electrons. The lowest BCUT2D eigenvalue weighted by Crippen LogP contribution is -2.19. The normalized spacial score (nSPS) is 10.8. The van der Waals surface area contributed by atoms with E-state index in [1.165, 1.54) is 12.1 Å². The molecule has 1 N–H and O–H groups in total. The lowest BCUT2D eigenvalue weighted by atomic mass is 10.2. The molecule has 0 saturated carbocycles. The van der Waals surface area contributed by atoms with E-state index in [0.29, 0.717) is 24.1 Å². The van der Waals surface area contributed by atoms with Gasteiger partial charge in [-0.2, -0.15) is 0 Å². The zero-order valence-corrected chi connectivity index (χ0v) is 11.8. The van der Waals surface area contributed by atoms with Crippen LogP contribution in [-0.4, -0.2) is 11.5 Å². The Kier molecular flexibility index (Phi) is 5.07. The van der Waals surface area contributed by atoms with Crippen molar-refractivity contribution >= 4 is 0 Å². The highest BCUT2D eigenvalue weighted by Gasteiger charge is 2.02. The summed E-state index contributed by atoms with van der Waals surface area (Å²) in [5, 5.41) is 3.33. The third-order valence-electron chi connectivity index (χ3n) is 2.68. The molecule has 0 fully saturated rings. The molecule has 0 atom stereocenters. The maximum absolute atomic E-state index is 12.8. The van der Waals surface area contributed by atoms with E-state index in [9.17, 15) is 4.39 Å². The lowest BCUT2D eigenvalue weighted by molar-refractivity contribution is 0.457. The summed E-state index contributed by atoms with van der Waals surface area (Å²) in [6, 6.07) is 11.5. The largest absolute Gasteiger partial charge is 0.439 e. The maximum Gasteiger partial charge on any atom is 0.219 e. The third-order valence-corrected chi connectivity index (χ3v) is 2.68. The molecule has 1 aromatic carbocycles. The molecule has 0 unspecified atom stereocenters. The predicted molar refractivity (Wildman–Crippen MR) is 77.3 cm³/mol. The Labute approximate surface area is 118 Å². The zero-order valence-electron chi connectivity index (χ0n) is 11.8. The van der Waals surface area contributed by atoms with E-state index < -0.39 is 0 Å². The number of ether oxygens (including phenoxy) is 1. The summed E-state index contributed by atoms with van der Waals surface area (Å²) in [4.78, 5) is 4.41. The molecule has 20 heavy (non-hydrogen) atoms. The van der Waals surface area contributed by atoms with E-state index in [4.69, 9.17) is 4.74 Å². The van der Waals surface area contributed by atoms with E-state index in [1.807, 2.05) is 12.1 Å². The molecule has 0 saturated heterocycles. The third kappa shape index (κ3) is 4.63. The number of halogens is 1. The minimum absolute atomic E-state index is 0.281. The lowest BCUT2D eigenvalue weighted by Gasteiger charge is -2.09. The second kappa shape index (κ2) is 7.01. The summed E-state index contributed by atoms with van der Waals surface area (Å²) in [7, 11) is 0. The average Bonchev–Trinajstić information content (AvgIpc) is 2.41. The Bertz CT molecular complexity index is 540. The highest BCUT2D eigenvalue weighted by atomic mass is 19.1. The second-order valence-corrected chi connectivity index (χ2v) is 5.05. The van der Waals surface area contributed by atoms with E-state index in [0.717, 1.165) is 12.2 Å². The van der Waals surface area contributed by atoms with Gasteiger partial charge in [0.05, 0.1) is 5.69 Å². The van der Waals surface area contributed by atoms with E-state index >= 15 is 0 Å². The van der Waals surface area contributed by atoms with E-state index in [-0.39, 0.29) is 5.82 Å². The summed E-state index contributed by atoms with van der Waals surface area (Å²) >= 11 is 0. The van der Waals surface area contributed by atoms with Gasteiger partial charge in [-0.1, -0.05) is 19.9 Å². The number of nitrogens with zero attached hydrogens (tertiary/aromatic N) is 1. The maximum atomic E-state index is 12.8. The Morgan fingerprint density at radius 3 is 2.60 bits per heavy atom. The second-order valence-electron chi connectivity index (χ2n) is 5.05. The van der Waals surface area contributed by atoms with Gasteiger partial charge in [0.2, 0.25) is 5.88 Å². The van der Waals surface area contributed by atoms with Crippen LogP contribution in [0.3, 0.4) is 0 Å². The number of hydrogen-bond donors (Lipinski definition) is 1. The SMILES string of the molecule is CC(C)CNCc1cccc(Oc2ccc(F)cc2)n1. The molecule has 0 aliphatic rings. The van der Waals surface area contributed by atoms with Crippen molar-refractivity contribution < 1.29 is 9.13 Å². The van der Waals surface area contributed by atoms with Crippen molar-refractivity contribution in [3.63, 3.8) is 0 Å². The number of pyridine rings is 1. The van der Waals surface area contributed by atoms with Crippen LogP contribution in [0.2, 0.25) is 0 Å². The molecule has 0 radical (unpaired) electrons. The molecule has 4 heteroatoms. The van der Waals surface area contributed by atoms with Crippen LogP contribution in [0, 0.1) is 11.7 Å². The molecule has 2 rings (SSSR count). The van der Waals surface area contributed by atoms with Crippen LogP contribution < -0.4 is 10.1 Å². The first-order valence-corrected chi connectivity index (χ1v) is 6.73. The molecular weight excluding hydrogens is 255 g/mol. The molecule has 2 aromatic rings. The fourth-order valence-corrected chi connectivity index (χ4v) is 1.73. The van der Waals surface area contributed by atoms with Crippen molar-refractivity contribution in [2.24, 2.45) is 5.92 Å².